The van der Waals surface area contributed by atoms with Gasteiger partial charge in [-0.2, -0.15) is 5.26 Å². The van der Waals surface area contributed by atoms with Crippen molar-refractivity contribution in [1.29, 1.82) is 5.26 Å². The summed E-state index contributed by atoms with van der Waals surface area (Å²) >= 11 is 0. The molecular formula is C15H23N3O. The number of methoxy groups -OCH3 is 1. The van der Waals surface area contributed by atoms with Crippen molar-refractivity contribution in [3.8, 4) is 6.07 Å². The van der Waals surface area contributed by atoms with Crippen LogP contribution in [0.3, 0.4) is 0 Å². The van der Waals surface area contributed by atoms with Crippen LogP contribution in [0.15, 0.2) is 12.3 Å². The first-order chi connectivity index (χ1) is 9.19. The van der Waals surface area contributed by atoms with Crippen LogP contribution < -0.4 is 4.90 Å². The Balaban J connectivity index is 3.17. The summed E-state index contributed by atoms with van der Waals surface area (Å²) in [7, 11) is 1.69. The van der Waals surface area contributed by atoms with Gasteiger partial charge in [0.15, 0.2) is 0 Å². The number of hydrogen-bond donors (Lipinski definition) is 0. The molecule has 4 heteroatoms. The summed E-state index contributed by atoms with van der Waals surface area (Å²) in [4.78, 5) is 6.63. The van der Waals surface area contributed by atoms with Gasteiger partial charge in [-0.1, -0.05) is 13.8 Å². The molecule has 0 atom stereocenters. The number of nitriles is 1. The third-order valence-corrected chi connectivity index (χ3v) is 3.44. The van der Waals surface area contributed by atoms with E-state index in [9.17, 15) is 5.26 Å². The summed E-state index contributed by atoms with van der Waals surface area (Å²) in [5, 5.41) is 9.35. The fourth-order valence-electron chi connectivity index (χ4n) is 2.28. The van der Waals surface area contributed by atoms with Crippen molar-refractivity contribution < 1.29 is 4.74 Å². The van der Waals surface area contributed by atoms with E-state index in [1.807, 2.05) is 13.0 Å². The lowest BCUT2D eigenvalue weighted by Gasteiger charge is -2.32. The van der Waals surface area contributed by atoms with Gasteiger partial charge in [-0.15, -0.1) is 0 Å². The summed E-state index contributed by atoms with van der Waals surface area (Å²) in [6.07, 6.45) is 3.83. The van der Waals surface area contributed by atoms with Gasteiger partial charge in [0.2, 0.25) is 0 Å². The molecule has 0 aliphatic heterocycles. The molecule has 1 aromatic heterocycles. The molecule has 0 aliphatic rings. The molecule has 0 spiro atoms. The van der Waals surface area contributed by atoms with Crippen LogP contribution >= 0.6 is 0 Å². The highest BCUT2D eigenvalue weighted by Gasteiger charge is 2.20. The van der Waals surface area contributed by atoms with Gasteiger partial charge in [-0.25, -0.2) is 4.98 Å². The Hall–Kier alpha value is -1.60. The number of aryl methyl sites for hydroxylation is 1. The average molecular weight is 261 g/mol. The Kier molecular flexibility index (Phi) is 6.31. The molecule has 1 aromatic rings. The highest BCUT2D eigenvalue weighted by atomic mass is 16.5. The van der Waals surface area contributed by atoms with Gasteiger partial charge in [0, 0.05) is 25.9 Å². The summed E-state index contributed by atoms with van der Waals surface area (Å²) in [6, 6.07) is 4.54. The number of nitrogens with zero attached hydrogens (tertiary/aromatic N) is 3. The second-order valence-electron chi connectivity index (χ2n) is 4.59. The number of pyridine rings is 1. The van der Waals surface area contributed by atoms with Crippen molar-refractivity contribution >= 4 is 5.82 Å². The second kappa shape index (κ2) is 7.75. The number of anilines is 1. The van der Waals surface area contributed by atoms with E-state index in [0.29, 0.717) is 18.2 Å². The van der Waals surface area contributed by atoms with Crippen molar-refractivity contribution in [2.45, 2.75) is 39.7 Å². The molecule has 0 amide bonds. The molecule has 0 radical (unpaired) electrons. The van der Waals surface area contributed by atoms with Crippen molar-refractivity contribution in [2.75, 3.05) is 25.2 Å². The van der Waals surface area contributed by atoms with E-state index in [2.05, 4.69) is 29.8 Å². The van der Waals surface area contributed by atoms with Crippen LogP contribution in [0.2, 0.25) is 0 Å². The standard InChI is InChI=1S/C15H23N3O/c1-5-13(6-2)18(9-10-19-4)15-14(11-16)12(3)7-8-17-15/h7-8,13H,5-6,9-10H2,1-4H3. The largest absolute Gasteiger partial charge is 0.383 e. The maximum Gasteiger partial charge on any atom is 0.147 e. The van der Waals surface area contributed by atoms with Crippen molar-refractivity contribution in [1.82, 2.24) is 4.98 Å². The van der Waals surface area contributed by atoms with Gasteiger partial charge < -0.3 is 9.64 Å². The zero-order chi connectivity index (χ0) is 14.3. The van der Waals surface area contributed by atoms with Crippen LogP contribution in [0.5, 0.6) is 0 Å². The van der Waals surface area contributed by atoms with E-state index in [1.165, 1.54) is 0 Å². The van der Waals surface area contributed by atoms with Gasteiger partial charge in [0.25, 0.3) is 0 Å². The predicted octanol–water partition coefficient (Wildman–Crippen LogP) is 2.90. The summed E-state index contributed by atoms with van der Waals surface area (Å²) < 4.78 is 5.18. The first-order valence-corrected chi connectivity index (χ1v) is 6.80. The van der Waals surface area contributed by atoms with Crippen LogP contribution in [0.1, 0.15) is 37.8 Å². The lowest BCUT2D eigenvalue weighted by atomic mass is 10.1. The monoisotopic (exact) mass is 261 g/mol. The second-order valence-corrected chi connectivity index (χ2v) is 4.59. The Labute approximate surface area is 116 Å². The number of ether oxygens (including phenoxy) is 1. The molecule has 1 heterocycles. The molecule has 0 aliphatic carbocycles. The SMILES string of the molecule is CCC(CC)N(CCOC)c1nccc(C)c1C#N. The van der Waals surface area contributed by atoms with Gasteiger partial charge in [0.1, 0.15) is 11.9 Å². The minimum atomic E-state index is 0.386. The molecule has 1 rings (SSSR count). The minimum Gasteiger partial charge on any atom is -0.383 e. The Morgan fingerprint density at radius 1 is 1.42 bits per heavy atom. The van der Waals surface area contributed by atoms with Crippen molar-refractivity contribution in [2.24, 2.45) is 0 Å². The van der Waals surface area contributed by atoms with Gasteiger partial charge in [-0.05, 0) is 31.4 Å². The van der Waals surface area contributed by atoms with E-state index in [-0.39, 0.29) is 0 Å². The number of rotatable bonds is 7. The molecule has 0 bridgehead atoms. The molecule has 104 valence electrons. The molecule has 0 aromatic carbocycles. The van der Waals surface area contributed by atoms with E-state index in [4.69, 9.17) is 4.74 Å². The van der Waals surface area contributed by atoms with Crippen molar-refractivity contribution in [3.63, 3.8) is 0 Å². The summed E-state index contributed by atoms with van der Waals surface area (Å²) in [6.45, 7) is 7.67. The van der Waals surface area contributed by atoms with E-state index >= 15 is 0 Å². The maximum absolute atomic E-state index is 9.35. The van der Waals surface area contributed by atoms with Crippen molar-refractivity contribution in [3.05, 3.63) is 23.4 Å². The zero-order valence-corrected chi connectivity index (χ0v) is 12.3. The smallest absolute Gasteiger partial charge is 0.147 e. The first kappa shape index (κ1) is 15.5. The fraction of sp³-hybridized carbons (Fsp3) is 0.600. The lowest BCUT2D eigenvalue weighted by Crippen LogP contribution is -2.38. The van der Waals surface area contributed by atoms with Crippen LogP contribution in [-0.4, -0.2) is 31.3 Å². The highest BCUT2D eigenvalue weighted by Crippen LogP contribution is 2.24. The third kappa shape index (κ3) is 3.68. The number of hydrogen-bond acceptors (Lipinski definition) is 4. The molecule has 0 fully saturated rings. The van der Waals surface area contributed by atoms with Crippen LogP contribution in [0, 0.1) is 18.3 Å². The molecule has 19 heavy (non-hydrogen) atoms. The van der Waals surface area contributed by atoms with E-state index in [0.717, 1.165) is 30.8 Å². The zero-order valence-electron chi connectivity index (χ0n) is 12.3. The Bertz CT molecular complexity index is 436. The van der Waals surface area contributed by atoms with Gasteiger partial charge in [-0.3, -0.25) is 0 Å². The molecule has 0 unspecified atom stereocenters. The fourth-order valence-corrected chi connectivity index (χ4v) is 2.28. The Morgan fingerprint density at radius 3 is 2.63 bits per heavy atom. The van der Waals surface area contributed by atoms with Crippen LogP contribution in [-0.2, 0) is 4.74 Å². The van der Waals surface area contributed by atoms with Gasteiger partial charge >= 0.3 is 0 Å². The quantitative estimate of drug-likeness (QED) is 0.757. The third-order valence-electron chi connectivity index (χ3n) is 3.44. The molecule has 0 saturated carbocycles. The molecule has 0 saturated heterocycles. The Morgan fingerprint density at radius 2 is 2.11 bits per heavy atom. The summed E-state index contributed by atoms with van der Waals surface area (Å²) in [5.74, 6) is 0.785. The maximum atomic E-state index is 9.35. The predicted molar refractivity (Wildman–Crippen MR) is 77.3 cm³/mol. The average Bonchev–Trinajstić information content (AvgIpc) is 2.43. The molecular weight excluding hydrogens is 238 g/mol. The van der Waals surface area contributed by atoms with Crippen LogP contribution in [0.4, 0.5) is 5.82 Å². The molecule has 0 N–H and O–H groups in total. The summed E-state index contributed by atoms with van der Waals surface area (Å²) in [5.41, 5.74) is 1.64. The normalized spacial score (nSPS) is 10.5. The number of aromatic nitrogens is 1. The first-order valence-electron chi connectivity index (χ1n) is 6.80. The van der Waals surface area contributed by atoms with E-state index in [1.54, 1.807) is 13.3 Å². The van der Waals surface area contributed by atoms with Crippen LogP contribution in [0.25, 0.3) is 0 Å². The van der Waals surface area contributed by atoms with Gasteiger partial charge in [0.05, 0.1) is 12.2 Å². The topological polar surface area (TPSA) is 49.1 Å². The highest BCUT2D eigenvalue weighted by molar-refractivity contribution is 5.57. The minimum absolute atomic E-state index is 0.386. The lowest BCUT2D eigenvalue weighted by molar-refractivity contribution is 0.202. The van der Waals surface area contributed by atoms with E-state index < -0.39 is 0 Å². The molecule has 4 nitrogen and oxygen atoms in total.